The third-order valence-corrected chi connectivity index (χ3v) is 3.19. The van der Waals surface area contributed by atoms with E-state index >= 15 is 0 Å². The summed E-state index contributed by atoms with van der Waals surface area (Å²) in [6.07, 6.45) is 3.75. The van der Waals surface area contributed by atoms with Crippen molar-refractivity contribution in [3.05, 3.63) is 24.3 Å². The van der Waals surface area contributed by atoms with E-state index in [1.54, 1.807) is 22.0 Å². The van der Waals surface area contributed by atoms with E-state index in [2.05, 4.69) is 6.58 Å². The van der Waals surface area contributed by atoms with E-state index in [1.807, 2.05) is 27.7 Å². The minimum Gasteiger partial charge on any atom is -0.444 e. The molecule has 0 aromatic rings. The molecule has 1 saturated heterocycles. The van der Waals surface area contributed by atoms with Crippen molar-refractivity contribution in [2.45, 2.75) is 39.7 Å². The number of nitrogens with zero attached hydrogens (tertiary/aromatic N) is 2. The molecule has 1 rings (SSSR count). The molecule has 0 atom stereocenters. The molecular formula is C16H26N2O3. The molecule has 0 aromatic carbocycles. The average molecular weight is 294 g/mol. The van der Waals surface area contributed by atoms with Crippen LogP contribution in [0.1, 0.15) is 34.1 Å². The summed E-state index contributed by atoms with van der Waals surface area (Å²) in [5.74, 6) is 0.0289. The number of amides is 2. The lowest BCUT2D eigenvalue weighted by Crippen LogP contribution is -2.51. The number of piperazine rings is 1. The topological polar surface area (TPSA) is 49.9 Å². The third-order valence-electron chi connectivity index (χ3n) is 3.19. The summed E-state index contributed by atoms with van der Waals surface area (Å²) < 4.78 is 5.34. The summed E-state index contributed by atoms with van der Waals surface area (Å²) >= 11 is 0. The van der Waals surface area contributed by atoms with Gasteiger partial charge >= 0.3 is 6.09 Å². The fourth-order valence-electron chi connectivity index (χ4n) is 2.10. The second-order valence-electron chi connectivity index (χ2n) is 6.04. The molecule has 0 radical (unpaired) electrons. The molecule has 0 aliphatic carbocycles. The maximum Gasteiger partial charge on any atom is 0.410 e. The summed E-state index contributed by atoms with van der Waals surface area (Å²) in [4.78, 5) is 27.7. The molecule has 1 heterocycles. The first-order valence-electron chi connectivity index (χ1n) is 7.37. The number of ether oxygens (including phenoxy) is 1. The summed E-state index contributed by atoms with van der Waals surface area (Å²) in [6, 6.07) is 0. The molecule has 0 bridgehead atoms. The molecule has 1 aliphatic rings. The van der Waals surface area contributed by atoms with Crippen molar-refractivity contribution < 1.29 is 14.3 Å². The minimum atomic E-state index is -0.494. The fraction of sp³-hybridized carbons (Fsp3) is 0.625. The van der Waals surface area contributed by atoms with Gasteiger partial charge in [0.15, 0.2) is 0 Å². The maximum absolute atomic E-state index is 12.3. The highest BCUT2D eigenvalue weighted by Crippen LogP contribution is 2.14. The second kappa shape index (κ2) is 7.29. The number of allylic oxidation sites excluding steroid dienone is 2. The van der Waals surface area contributed by atoms with E-state index in [-0.39, 0.29) is 12.0 Å². The van der Waals surface area contributed by atoms with Crippen LogP contribution in [0.3, 0.4) is 0 Å². The van der Waals surface area contributed by atoms with Gasteiger partial charge in [0.2, 0.25) is 5.91 Å². The van der Waals surface area contributed by atoms with E-state index in [1.165, 1.54) is 0 Å². The molecule has 1 fully saturated rings. The lowest BCUT2D eigenvalue weighted by atomic mass is 10.1. The molecule has 0 aromatic heterocycles. The van der Waals surface area contributed by atoms with Crippen LogP contribution in [0.5, 0.6) is 0 Å². The summed E-state index contributed by atoms with van der Waals surface area (Å²) in [5, 5.41) is 0. The Morgan fingerprint density at radius 3 is 2.10 bits per heavy atom. The molecule has 2 amide bonds. The van der Waals surface area contributed by atoms with Crippen molar-refractivity contribution in [3.63, 3.8) is 0 Å². The van der Waals surface area contributed by atoms with Crippen LogP contribution in [0.2, 0.25) is 0 Å². The SMILES string of the molecule is C=C/C=C(\CC)C(=O)N1CCN(C(=O)OC(C)(C)C)CC1. The van der Waals surface area contributed by atoms with Gasteiger partial charge in [-0.15, -0.1) is 0 Å². The van der Waals surface area contributed by atoms with E-state index in [0.717, 1.165) is 5.57 Å². The van der Waals surface area contributed by atoms with Crippen LogP contribution in [0, 0.1) is 0 Å². The monoisotopic (exact) mass is 294 g/mol. The Labute approximate surface area is 127 Å². The van der Waals surface area contributed by atoms with E-state index < -0.39 is 5.60 Å². The molecule has 0 spiro atoms. The van der Waals surface area contributed by atoms with Crippen LogP contribution in [-0.2, 0) is 9.53 Å². The van der Waals surface area contributed by atoms with Gasteiger partial charge in [0.05, 0.1) is 0 Å². The van der Waals surface area contributed by atoms with Crippen LogP contribution in [0.25, 0.3) is 0 Å². The second-order valence-corrected chi connectivity index (χ2v) is 6.04. The van der Waals surface area contributed by atoms with Crippen LogP contribution in [0.15, 0.2) is 24.3 Å². The lowest BCUT2D eigenvalue weighted by Gasteiger charge is -2.35. The van der Waals surface area contributed by atoms with E-state index in [0.29, 0.717) is 32.6 Å². The number of carbonyl (C=O) groups is 2. The van der Waals surface area contributed by atoms with Crippen LogP contribution in [0.4, 0.5) is 4.79 Å². The first-order valence-corrected chi connectivity index (χ1v) is 7.37. The predicted octanol–water partition coefficient (Wildman–Crippen LogP) is 2.59. The van der Waals surface area contributed by atoms with Crippen LogP contribution in [-0.4, -0.2) is 53.6 Å². The largest absolute Gasteiger partial charge is 0.444 e. The first kappa shape index (κ1) is 17.3. The van der Waals surface area contributed by atoms with Gasteiger partial charge in [-0.05, 0) is 27.2 Å². The zero-order chi connectivity index (χ0) is 16.0. The molecule has 0 N–H and O–H groups in total. The Balaban J connectivity index is 2.56. The van der Waals surface area contributed by atoms with Gasteiger partial charge in [-0.2, -0.15) is 0 Å². The predicted molar refractivity (Wildman–Crippen MR) is 83.0 cm³/mol. The van der Waals surface area contributed by atoms with Gasteiger partial charge in [-0.1, -0.05) is 25.7 Å². The van der Waals surface area contributed by atoms with Gasteiger partial charge in [0, 0.05) is 31.8 Å². The lowest BCUT2D eigenvalue weighted by molar-refractivity contribution is -0.129. The normalized spacial score (nSPS) is 16.7. The zero-order valence-corrected chi connectivity index (χ0v) is 13.5. The van der Waals surface area contributed by atoms with Crippen molar-refractivity contribution in [1.82, 2.24) is 9.80 Å². The molecule has 118 valence electrons. The molecule has 1 aliphatic heterocycles. The molecule has 5 heteroatoms. The van der Waals surface area contributed by atoms with Crippen LogP contribution < -0.4 is 0 Å². The van der Waals surface area contributed by atoms with Gasteiger partial charge in [0.25, 0.3) is 0 Å². The molecule has 5 nitrogen and oxygen atoms in total. The van der Waals surface area contributed by atoms with Crippen molar-refractivity contribution in [3.8, 4) is 0 Å². The number of rotatable bonds is 3. The van der Waals surface area contributed by atoms with E-state index in [9.17, 15) is 9.59 Å². The van der Waals surface area contributed by atoms with E-state index in [4.69, 9.17) is 4.74 Å². The minimum absolute atomic E-state index is 0.0289. The van der Waals surface area contributed by atoms with Crippen molar-refractivity contribution in [2.75, 3.05) is 26.2 Å². The Hall–Kier alpha value is -1.78. The Bertz CT molecular complexity index is 427. The summed E-state index contributed by atoms with van der Waals surface area (Å²) in [5.41, 5.74) is 0.252. The maximum atomic E-state index is 12.3. The Morgan fingerprint density at radius 2 is 1.67 bits per heavy atom. The fourth-order valence-corrected chi connectivity index (χ4v) is 2.10. The average Bonchev–Trinajstić information content (AvgIpc) is 2.42. The summed E-state index contributed by atoms with van der Waals surface area (Å²) in [6.45, 7) is 13.2. The molecule has 0 unspecified atom stereocenters. The third kappa shape index (κ3) is 5.25. The van der Waals surface area contributed by atoms with Crippen LogP contribution >= 0.6 is 0 Å². The van der Waals surface area contributed by atoms with Crippen molar-refractivity contribution >= 4 is 12.0 Å². The number of hydrogen-bond acceptors (Lipinski definition) is 3. The Morgan fingerprint density at radius 1 is 1.14 bits per heavy atom. The molecule has 0 saturated carbocycles. The standard InChI is InChI=1S/C16H26N2O3/c1-6-8-13(7-2)14(19)17-9-11-18(12-10-17)15(20)21-16(3,4)5/h6,8H,1,7,9-12H2,2-5H3/b13-8+. The highest BCUT2D eigenvalue weighted by Gasteiger charge is 2.28. The van der Waals surface area contributed by atoms with Gasteiger partial charge in [-0.3, -0.25) is 4.79 Å². The van der Waals surface area contributed by atoms with Crippen molar-refractivity contribution in [1.29, 1.82) is 0 Å². The van der Waals surface area contributed by atoms with Gasteiger partial charge in [0.1, 0.15) is 5.60 Å². The quantitative estimate of drug-likeness (QED) is 0.594. The highest BCUT2D eigenvalue weighted by molar-refractivity contribution is 5.93. The Kier molecular flexibility index (Phi) is 6.00. The number of carbonyl (C=O) groups excluding carboxylic acids is 2. The molecular weight excluding hydrogens is 268 g/mol. The zero-order valence-electron chi connectivity index (χ0n) is 13.5. The number of hydrogen-bond donors (Lipinski definition) is 0. The van der Waals surface area contributed by atoms with Gasteiger partial charge in [-0.25, -0.2) is 4.79 Å². The smallest absolute Gasteiger partial charge is 0.410 e. The first-order chi connectivity index (χ1) is 9.78. The molecule has 21 heavy (non-hydrogen) atoms. The van der Waals surface area contributed by atoms with Crippen molar-refractivity contribution in [2.24, 2.45) is 0 Å². The summed E-state index contributed by atoms with van der Waals surface area (Å²) in [7, 11) is 0. The highest BCUT2D eigenvalue weighted by atomic mass is 16.6. The van der Waals surface area contributed by atoms with Gasteiger partial charge < -0.3 is 14.5 Å².